The van der Waals surface area contributed by atoms with Crippen LogP contribution in [0.15, 0.2) is 15.9 Å². The highest BCUT2D eigenvalue weighted by molar-refractivity contribution is 7.99. The second-order valence-corrected chi connectivity index (χ2v) is 6.73. The minimum atomic E-state index is 0.600. The van der Waals surface area contributed by atoms with Gasteiger partial charge < -0.3 is 9.73 Å². The molecule has 0 aliphatic heterocycles. The van der Waals surface area contributed by atoms with Gasteiger partial charge in [-0.3, -0.25) is 0 Å². The zero-order valence-corrected chi connectivity index (χ0v) is 13.1. The maximum absolute atomic E-state index is 5.51. The summed E-state index contributed by atoms with van der Waals surface area (Å²) in [6.45, 7) is 7.51. The Morgan fingerprint density at radius 2 is 2.26 bits per heavy atom. The first-order chi connectivity index (χ1) is 9.22. The van der Waals surface area contributed by atoms with Gasteiger partial charge in [0, 0.05) is 11.3 Å². The molecule has 2 rings (SSSR count). The lowest BCUT2D eigenvalue weighted by Gasteiger charge is -2.35. The minimum absolute atomic E-state index is 0.600. The molecule has 0 aromatic carbocycles. The van der Waals surface area contributed by atoms with Crippen molar-refractivity contribution in [2.45, 2.75) is 69.4 Å². The molecule has 108 valence electrons. The first-order valence-corrected chi connectivity index (χ1v) is 8.43. The average molecular weight is 282 g/mol. The second-order valence-electron chi connectivity index (χ2n) is 5.54. The topological polar surface area (TPSA) is 38.1 Å². The van der Waals surface area contributed by atoms with Crippen molar-refractivity contribution >= 4 is 11.8 Å². The van der Waals surface area contributed by atoms with Crippen molar-refractivity contribution in [1.82, 2.24) is 10.3 Å². The van der Waals surface area contributed by atoms with E-state index in [0.29, 0.717) is 11.3 Å². The number of nitrogens with one attached hydrogen (secondary N) is 1. The van der Waals surface area contributed by atoms with Crippen molar-refractivity contribution in [1.29, 1.82) is 0 Å². The Morgan fingerprint density at radius 3 is 2.89 bits per heavy atom. The van der Waals surface area contributed by atoms with E-state index in [0.717, 1.165) is 23.4 Å². The van der Waals surface area contributed by atoms with E-state index in [2.05, 4.69) is 24.1 Å². The molecule has 1 aliphatic rings. The van der Waals surface area contributed by atoms with Crippen LogP contribution in [0, 0.1) is 12.8 Å². The number of nitrogens with zero attached hydrogens (tertiary/aromatic N) is 1. The molecule has 1 saturated carbocycles. The third kappa shape index (κ3) is 4.25. The molecule has 1 aliphatic carbocycles. The fourth-order valence-electron chi connectivity index (χ4n) is 3.02. The van der Waals surface area contributed by atoms with Gasteiger partial charge in [0.1, 0.15) is 6.26 Å². The molecular weight excluding hydrogens is 256 g/mol. The number of oxazole rings is 1. The van der Waals surface area contributed by atoms with Gasteiger partial charge in [0.05, 0.1) is 5.69 Å². The fourth-order valence-corrected chi connectivity index (χ4v) is 4.35. The van der Waals surface area contributed by atoms with Crippen molar-refractivity contribution < 1.29 is 4.42 Å². The molecule has 0 bridgehead atoms. The molecule has 1 aromatic heterocycles. The van der Waals surface area contributed by atoms with E-state index < -0.39 is 0 Å². The van der Waals surface area contributed by atoms with Crippen molar-refractivity contribution in [3.63, 3.8) is 0 Å². The number of aryl methyl sites for hydroxylation is 1. The minimum Gasteiger partial charge on any atom is -0.440 e. The molecule has 1 fully saturated rings. The summed E-state index contributed by atoms with van der Waals surface area (Å²) in [5.41, 5.74) is 0.975. The number of thioether (sulfide) groups is 1. The SMILES string of the molecule is CCCC1CCC(NCC)C(Sc2nc(C)co2)C1. The normalized spacial score (nSPS) is 27.6. The molecule has 3 nitrogen and oxygen atoms in total. The zero-order valence-electron chi connectivity index (χ0n) is 12.3. The van der Waals surface area contributed by atoms with Crippen molar-refractivity contribution in [2.75, 3.05) is 6.54 Å². The predicted molar refractivity (Wildman–Crippen MR) is 80.6 cm³/mol. The van der Waals surface area contributed by atoms with Crippen molar-refractivity contribution in [3.8, 4) is 0 Å². The monoisotopic (exact) mass is 282 g/mol. The van der Waals surface area contributed by atoms with Crippen LogP contribution in [-0.2, 0) is 0 Å². The van der Waals surface area contributed by atoms with E-state index >= 15 is 0 Å². The summed E-state index contributed by atoms with van der Waals surface area (Å²) in [5.74, 6) is 0.883. The van der Waals surface area contributed by atoms with Crippen LogP contribution in [0.5, 0.6) is 0 Å². The first kappa shape index (κ1) is 14.9. The van der Waals surface area contributed by atoms with Crippen molar-refractivity contribution in [2.24, 2.45) is 5.92 Å². The molecular formula is C15H26N2OS. The Labute approximate surface area is 120 Å². The van der Waals surface area contributed by atoms with Crippen LogP contribution in [0.1, 0.15) is 51.6 Å². The second kappa shape index (κ2) is 7.34. The Morgan fingerprint density at radius 1 is 1.42 bits per heavy atom. The van der Waals surface area contributed by atoms with Gasteiger partial charge in [-0.1, -0.05) is 38.5 Å². The lowest BCUT2D eigenvalue weighted by molar-refractivity contribution is 0.288. The summed E-state index contributed by atoms with van der Waals surface area (Å²) in [5, 5.41) is 5.07. The standard InChI is InChI=1S/C15H26N2OS/c1-4-6-12-7-8-13(16-5-2)14(9-12)19-15-17-11(3)10-18-15/h10,12-14,16H,4-9H2,1-3H3. The van der Waals surface area contributed by atoms with E-state index in [1.165, 1.54) is 32.1 Å². The predicted octanol–water partition coefficient (Wildman–Crippen LogP) is 4.02. The van der Waals surface area contributed by atoms with Gasteiger partial charge in [-0.2, -0.15) is 0 Å². The molecule has 0 saturated heterocycles. The highest BCUT2D eigenvalue weighted by Crippen LogP contribution is 2.37. The van der Waals surface area contributed by atoms with Crippen LogP contribution in [-0.4, -0.2) is 22.8 Å². The molecule has 0 spiro atoms. The molecule has 4 heteroatoms. The summed E-state index contributed by atoms with van der Waals surface area (Å²) in [6, 6.07) is 0.607. The number of hydrogen-bond donors (Lipinski definition) is 1. The van der Waals surface area contributed by atoms with E-state index in [1.807, 2.05) is 18.7 Å². The Hall–Kier alpha value is -0.480. The van der Waals surface area contributed by atoms with Crippen LogP contribution in [0.4, 0.5) is 0 Å². The zero-order chi connectivity index (χ0) is 13.7. The Kier molecular flexibility index (Phi) is 5.76. The maximum atomic E-state index is 5.51. The van der Waals surface area contributed by atoms with Crippen LogP contribution in [0.3, 0.4) is 0 Å². The largest absolute Gasteiger partial charge is 0.440 e. The van der Waals surface area contributed by atoms with Crippen molar-refractivity contribution in [3.05, 3.63) is 12.0 Å². The van der Waals surface area contributed by atoms with E-state index in [-0.39, 0.29) is 0 Å². The maximum Gasteiger partial charge on any atom is 0.256 e. The van der Waals surface area contributed by atoms with Crippen LogP contribution >= 0.6 is 11.8 Å². The lowest BCUT2D eigenvalue weighted by Crippen LogP contribution is -2.42. The fraction of sp³-hybridized carbons (Fsp3) is 0.800. The summed E-state index contributed by atoms with van der Waals surface area (Å²) >= 11 is 1.82. The molecule has 1 aromatic rings. The molecule has 0 radical (unpaired) electrons. The number of hydrogen-bond acceptors (Lipinski definition) is 4. The van der Waals surface area contributed by atoms with E-state index in [1.54, 1.807) is 6.26 Å². The number of rotatable bonds is 6. The van der Waals surface area contributed by atoms with Gasteiger partial charge in [0.15, 0.2) is 0 Å². The van der Waals surface area contributed by atoms with Crippen LogP contribution in [0.2, 0.25) is 0 Å². The molecule has 0 amide bonds. The summed E-state index contributed by atoms with van der Waals surface area (Å²) in [4.78, 5) is 4.44. The van der Waals surface area contributed by atoms with Gasteiger partial charge in [0.2, 0.25) is 0 Å². The first-order valence-electron chi connectivity index (χ1n) is 7.55. The third-order valence-electron chi connectivity index (χ3n) is 3.91. The Bertz CT molecular complexity index is 380. The molecule has 3 unspecified atom stereocenters. The van der Waals surface area contributed by atoms with Gasteiger partial charge in [-0.15, -0.1) is 0 Å². The Balaban J connectivity index is 1.98. The quantitative estimate of drug-likeness (QED) is 0.855. The summed E-state index contributed by atoms with van der Waals surface area (Å²) < 4.78 is 5.51. The molecule has 1 N–H and O–H groups in total. The molecule has 3 atom stereocenters. The van der Waals surface area contributed by atoms with E-state index in [9.17, 15) is 0 Å². The third-order valence-corrected chi connectivity index (χ3v) is 5.13. The smallest absolute Gasteiger partial charge is 0.256 e. The highest BCUT2D eigenvalue weighted by Gasteiger charge is 2.31. The van der Waals surface area contributed by atoms with Gasteiger partial charge in [-0.05, 0) is 38.6 Å². The average Bonchev–Trinajstić information content (AvgIpc) is 2.79. The van der Waals surface area contributed by atoms with Gasteiger partial charge in [-0.25, -0.2) is 4.98 Å². The van der Waals surface area contributed by atoms with Crippen LogP contribution < -0.4 is 5.32 Å². The summed E-state index contributed by atoms with van der Waals surface area (Å²) in [7, 11) is 0. The highest BCUT2D eigenvalue weighted by atomic mass is 32.2. The summed E-state index contributed by atoms with van der Waals surface area (Å²) in [6.07, 6.45) is 8.35. The van der Waals surface area contributed by atoms with Crippen LogP contribution in [0.25, 0.3) is 0 Å². The van der Waals surface area contributed by atoms with E-state index in [4.69, 9.17) is 4.42 Å². The molecule has 19 heavy (non-hydrogen) atoms. The van der Waals surface area contributed by atoms with Gasteiger partial charge in [0.25, 0.3) is 5.22 Å². The lowest BCUT2D eigenvalue weighted by atomic mass is 9.83. The molecule has 1 heterocycles. The van der Waals surface area contributed by atoms with Gasteiger partial charge >= 0.3 is 0 Å². The number of aromatic nitrogens is 1.